The van der Waals surface area contributed by atoms with Crippen molar-refractivity contribution in [2.75, 3.05) is 17.1 Å². The van der Waals surface area contributed by atoms with Crippen LogP contribution in [0.25, 0.3) is 0 Å². The number of ether oxygens (including phenoxy) is 1. The molecule has 0 unspecified atom stereocenters. The molecule has 0 aliphatic heterocycles. The first-order valence-corrected chi connectivity index (χ1v) is 7.64. The fourth-order valence-electron chi connectivity index (χ4n) is 1.48. The summed E-state index contributed by atoms with van der Waals surface area (Å²) in [5.74, 6) is -2.03. The molecule has 1 aromatic carbocycles. The van der Waals surface area contributed by atoms with E-state index in [9.17, 15) is 17.6 Å². The summed E-state index contributed by atoms with van der Waals surface area (Å²) in [7, 11) is -3.69. The van der Waals surface area contributed by atoms with Gasteiger partial charge in [0.15, 0.2) is 11.6 Å². The van der Waals surface area contributed by atoms with Gasteiger partial charge >= 0.3 is 5.97 Å². The van der Waals surface area contributed by atoms with Crippen LogP contribution in [0.3, 0.4) is 0 Å². The average molecular weight is 305 g/mol. The van der Waals surface area contributed by atoms with Crippen molar-refractivity contribution < 1.29 is 27.4 Å². The number of anilines is 1. The van der Waals surface area contributed by atoms with E-state index in [-0.39, 0.29) is 30.0 Å². The van der Waals surface area contributed by atoms with Gasteiger partial charge in [-0.2, -0.15) is 0 Å². The average Bonchev–Trinajstić information content (AvgIpc) is 2.31. The predicted octanol–water partition coefficient (Wildman–Crippen LogP) is 1.83. The summed E-state index contributed by atoms with van der Waals surface area (Å²) in [6.45, 7) is 2.01. The molecule has 0 atom stereocenters. The SMILES string of the molecule is CCOc1ccc(NS(=O)(=O)CCCC(=O)O)cc1F. The van der Waals surface area contributed by atoms with E-state index in [0.717, 1.165) is 6.07 Å². The van der Waals surface area contributed by atoms with Crippen LogP contribution in [0.5, 0.6) is 5.75 Å². The van der Waals surface area contributed by atoms with Crippen molar-refractivity contribution in [3.63, 3.8) is 0 Å². The number of benzene rings is 1. The van der Waals surface area contributed by atoms with Gasteiger partial charge in [0.1, 0.15) is 0 Å². The van der Waals surface area contributed by atoms with E-state index in [1.54, 1.807) is 6.92 Å². The van der Waals surface area contributed by atoms with Crippen LogP contribution in [0, 0.1) is 5.82 Å². The molecule has 0 spiro atoms. The van der Waals surface area contributed by atoms with E-state index < -0.39 is 21.8 Å². The van der Waals surface area contributed by atoms with E-state index in [1.807, 2.05) is 0 Å². The van der Waals surface area contributed by atoms with Crippen molar-refractivity contribution in [2.24, 2.45) is 0 Å². The normalized spacial score (nSPS) is 11.1. The van der Waals surface area contributed by atoms with Crippen LogP contribution < -0.4 is 9.46 Å². The number of sulfonamides is 1. The minimum absolute atomic E-state index is 0.00974. The van der Waals surface area contributed by atoms with Crippen LogP contribution in [0.4, 0.5) is 10.1 Å². The number of carboxylic acid groups (broad SMARTS) is 1. The minimum atomic E-state index is -3.69. The highest BCUT2D eigenvalue weighted by Crippen LogP contribution is 2.22. The lowest BCUT2D eigenvalue weighted by Gasteiger charge is -2.09. The molecule has 0 radical (unpaired) electrons. The number of aliphatic carboxylic acids is 1. The Labute approximate surface area is 116 Å². The second kappa shape index (κ2) is 7.09. The van der Waals surface area contributed by atoms with Crippen LogP contribution in [-0.2, 0) is 14.8 Å². The molecule has 0 fully saturated rings. The van der Waals surface area contributed by atoms with Crippen molar-refractivity contribution in [3.8, 4) is 5.75 Å². The molecule has 0 aliphatic rings. The number of rotatable bonds is 8. The lowest BCUT2D eigenvalue weighted by Crippen LogP contribution is -2.17. The molecule has 20 heavy (non-hydrogen) atoms. The maximum Gasteiger partial charge on any atom is 0.303 e. The summed E-state index contributed by atoms with van der Waals surface area (Å²) in [6, 6.07) is 3.72. The van der Waals surface area contributed by atoms with Gasteiger partial charge in [0.25, 0.3) is 0 Å². The summed E-state index contributed by atoms with van der Waals surface area (Å²) >= 11 is 0. The standard InChI is InChI=1S/C12H16FNO5S/c1-2-19-11-6-5-9(8-10(11)13)14-20(17,18)7-3-4-12(15)16/h5-6,8,14H,2-4,7H2,1H3,(H,15,16). The molecule has 1 rings (SSSR count). The lowest BCUT2D eigenvalue weighted by molar-refractivity contribution is -0.137. The van der Waals surface area contributed by atoms with Crippen molar-refractivity contribution in [2.45, 2.75) is 19.8 Å². The molecule has 8 heteroatoms. The Balaban J connectivity index is 2.67. The summed E-state index contributed by atoms with van der Waals surface area (Å²) in [5.41, 5.74) is 0.0706. The minimum Gasteiger partial charge on any atom is -0.491 e. The summed E-state index contributed by atoms with van der Waals surface area (Å²) in [6.07, 6.45) is -0.247. The van der Waals surface area contributed by atoms with Crippen molar-refractivity contribution >= 4 is 21.7 Å². The number of nitrogens with one attached hydrogen (secondary N) is 1. The first-order chi connectivity index (χ1) is 9.34. The molecular formula is C12H16FNO5S. The quantitative estimate of drug-likeness (QED) is 0.764. The molecule has 0 amide bonds. The first-order valence-electron chi connectivity index (χ1n) is 5.98. The highest BCUT2D eigenvalue weighted by Gasteiger charge is 2.13. The van der Waals surface area contributed by atoms with E-state index in [2.05, 4.69) is 4.72 Å². The molecule has 0 heterocycles. The molecule has 0 aliphatic carbocycles. The van der Waals surface area contributed by atoms with E-state index in [1.165, 1.54) is 12.1 Å². The predicted molar refractivity (Wildman–Crippen MR) is 71.8 cm³/mol. The van der Waals surface area contributed by atoms with E-state index in [4.69, 9.17) is 9.84 Å². The zero-order valence-corrected chi connectivity index (χ0v) is 11.7. The Morgan fingerprint density at radius 3 is 2.70 bits per heavy atom. The number of hydrogen-bond acceptors (Lipinski definition) is 4. The second-order valence-electron chi connectivity index (χ2n) is 4.00. The highest BCUT2D eigenvalue weighted by molar-refractivity contribution is 7.92. The molecule has 0 saturated heterocycles. The topological polar surface area (TPSA) is 92.7 Å². The third-order valence-electron chi connectivity index (χ3n) is 2.31. The zero-order valence-electron chi connectivity index (χ0n) is 10.9. The van der Waals surface area contributed by atoms with Crippen LogP contribution in [0.2, 0.25) is 0 Å². The van der Waals surface area contributed by atoms with Crippen LogP contribution in [0.15, 0.2) is 18.2 Å². The number of halogens is 1. The number of carbonyl (C=O) groups is 1. The van der Waals surface area contributed by atoms with Crippen molar-refractivity contribution in [1.82, 2.24) is 0 Å². The van der Waals surface area contributed by atoms with Crippen molar-refractivity contribution in [3.05, 3.63) is 24.0 Å². The Morgan fingerprint density at radius 2 is 2.15 bits per heavy atom. The van der Waals surface area contributed by atoms with Crippen LogP contribution in [0.1, 0.15) is 19.8 Å². The molecule has 112 valence electrons. The fraction of sp³-hybridized carbons (Fsp3) is 0.417. The second-order valence-corrected chi connectivity index (χ2v) is 5.84. The Hall–Kier alpha value is -1.83. The molecule has 6 nitrogen and oxygen atoms in total. The van der Waals surface area contributed by atoms with Gasteiger partial charge < -0.3 is 9.84 Å². The van der Waals surface area contributed by atoms with Crippen molar-refractivity contribution in [1.29, 1.82) is 0 Å². The molecule has 0 bridgehead atoms. The Kier molecular flexibility index (Phi) is 5.75. The van der Waals surface area contributed by atoms with Gasteiger partial charge in [-0.3, -0.25) is 9.52 Å². The van der Waals surface area contributed by atoms with Gasteiger partial charge in [-0.15, -0.1) is 0 Å². The zero-order chi connectivity index (χ0) is 15.2. The molecular weight excluding hydrogens is 289 g/mol. The van der Waals surface area contributed by atoms with Gasteiger partial charge in [-0.05, 0) is 25.5 Å². The van der Waals surface area contributed by atoms with Crippen LogP contribution in [-0.4, -0.2) is 31.9 Å². The third-order valence-corrected chi connectivity index (χ3v) is 3.68. The van der Waals surface area contributed by atoms with E-state index >= 15 is 0 Å². The highest BCUT2D eigenvalue weighted by atomic mass is 32.2. The molecule has 2 N–H and O–H groups in total. The third kappa shape index (κ3) is 5.43. The maximum atomic E-state index is 13.5. The maximum absolute atomic E-state index is 13.5. The van der Waals surface area contributed by atoms with Crippen LogP contribution >= 0.6 is 0 Å². The summed E-state index contributed by atoms with van der Waals surface area (Å²) in [4.78, 5) is 10.3. The van der Waals surface area contributed by atoms with Gasteiger partial charge in [0, 0.05) is 12.5 Å². The van der Waals surface area contributed by atoms with Gasteiger partial charge in [0.2, 0.25) is 10.0 Å². The Morgan fingerprint density at radius 1 is 1.45 bits per heavy atom. The largest absolute Gasteiger partial charge is 0.491 e. The summed E-state index contributed by atoms with van der Waals surface area (Å²) in [5, 5.41) is 8.44. The smallest absolute Gasteiger partial charge is 0.303 e. The van der Waals surface area contributed by atoms with Gasteiger partial charge in [-0.25, -0.2) is 12.8 Å². The number of hydrogen-bond donors (Lipinski definition) is 2. The Bertz CT molecular complexity index is 573. The fourth-order valence-corrected chi connectivity index (χ4v) is 2.59. The van der Waals surface area contributed by atoms with E-state index in [0.29, 0.717) is 6.61 Å². The van der Waals surface area contributed by atoms with Gasteiger partial charge in [0.05, 0.1) is 18.0 Å². The lowest BCUT2D eigenvalue weighted by atomic mass is 10.3. The number of carboxylic acids is 1. The van der Waals surface area contributed by atoms with Gasteiger partial charge in [-0.1, -0.05) is 0 Å². The molecule has 1 aromatic rings. The first kappa shape index (κ1) is 16.2. The molecule has 0 saturated carbocycles. The summed E-state index contributed by atoms with van der Waals surface area (Å²) < 4.78 is 44.0. The molecule has 0 aromatic heterocycles. The monoisotopic (exact) mass is 305 g/mol.